The number of ether oxygens (including phenoxy) is 1. The average molecular weight is 403 g/mol. The Morgan fingerprint density at radius 3 is 1.77 bits per heavy atom. The quantitative estimate of drug-likeness (QED) is 0.228. The predicted molar refractivity (Wildman–Crippen MR) is 113 cm³/mol. The summed E-state index contributed by atoms with van der Waals surface area (Å²) in [4.78, 5) is 38.0. The van der Waals surface area contributed by atoms with E-state index < -0.39 is 34.9 Å². The summed E-state index contributed by atoms with van der Waals surface area (Å²) >= 11 is 0. The first-order valence-corrected chi connectivity index (χ1v) is 9.46. The molecule has 152 valence electrons. The van der Waals surface area contributed by atoms with Crippen molar-refractivity contribution in [3.05, 3.63) is 112 Å². The molecular formula is C24H21NO5. The van der Waals surface area contributed by atoms with Gasteiger partial charge in [-0.15, -0.1) is 0 Å². The number of carbonyl (C=O) groups excluding carboxylic acids is 2. The fourth-order valence-corrected chi connectivity index (χ4v) is 3.57. The van der Waals surface area contributed by atoms with Crippen LogP contribution < -0.4 is 4.74 Å². The summed E-state index contributed by atoms with van der Waals surface area (Å²) in [6, 6.07) is 23.5. The van der Waals surface area contributed by atoms with Crippen molar-refractivity contribution >= 4 is 11.6 Å². The molecule has 0 bridgehead atoms. The van der Waals surface area contributed by atoms with Crippen LogP contribution in [0, 0.1) is 16.0 Å². The lowest BCUT2D eigenvalue weighted by Crippen LogP contribution is -2.34. The number of ketones is 2. The van der Waals surface area contributed by atoms with Crippen molar-refractivity contribution in [3.63, 3.8) is 0 Å². The van der Waals surface area contributed by atoms with Gasteiger partial charge < -0.3 is 4.74 Å². The van der Waals surface area contributed by atoms with Crippen LogP contribution in [-0.4, -0.2) is 30.1 Å². The zero-order valence-electron chi connectivity index (χ0n) is 16.4. The Morgan fingerprint density at radius 2 is 1.30 bits per heavy atom. The molecule has 0 aliphatic carbocycles. The van der Waals surface area contributed by atoms with Gasteiger partial charge in [0.15, 0.2) is 11.6 Å². The van der Waals surface area contributed by atoms with E-state index in [9.17, 15) is 19.7 Å². The molecule has 3 aromatic carbocycles. The van der Waals surface area contributed by atoms with Gasteiger partial charge in [-0.1, -0.05) is 78.9 Å². The van der Waals surface area contributed by atoms with E-state index in [0.717, 1.165) is 0 Å². The van der Waals surface area contributed by atoms with Crippen LogP contribution in [0.15, 0.2) is 84.9 Å². The number of Topliss-reactive ketones (excluding diaryl/α,β-unsaturated/α-hetero) is 2. The Morgan fingerprint density at radius 1 is 0.833 bits per heavy atom. The second-order valence-corrected chi connectivity index (χ2v) is 6.80. The lowest BCUT2D eigenvalue weighted by atomic mass is 9.76. The molecule has 6 heteroatoms. The van der Waals surface area contributed by atoms with Gasteiger partial charge in [0.05, 0.1) is 18.9 Å². The molecular weight excluding hydrogens is 382 g/mol. The molecule has 30 heavy (non-hydrogen) atoms. The smallest absolute Gasteiger partial charge is 0.211 e. The van der Waals surface area contributed by atoms with Crippen molar-refractivity contribution in [2.45, 2.75) is 5.92 Å². The van der Waals surface area contributed by atoms with Crippen LogP contribution in [-0.2, 0) is 0 Å². The molecule has 0 aromatic heterocycles. The number of hydrogen-bond acceptors (Lipinski definition) is 5. The average Bonchev–Trinajstić information content (AvgIpc) is 2.79. The van der Waals surface area contributed by atoms with Crippen LogP contribution in [0.3, 0.4) is 0 Å². The minimum atomic E-state index is -1.27. The SMILES string of the molecule is COc1ccccc1[C@@H](C[N+](=O)[O-])C(C(=O)c1ccccc1)C(=O)c1ccccc1. The summed E-state index contributed by atoms with van der Waals surface area (Å²) in [5.74, 6) is -2.77. The maximum Gasteiger partial charge on any atom is 0.211 e. The highest BCUT2D eigenvalue weighted by atomic mass is 16.6. The van der Waals surface area contributed by atoms with Gasteiger partial charge in [-0.05, 0) is 6.07 Å². The molecule has 0 fully saturated rings. The van der Waals surface area contributed by atoms with E-state index in [0.29, 0.717) is 22.4 Å². The Hall–Kier alpha value is -3.80. The van der Waals surface area contributed by atoms with Gasteiger partial charge >= 0.3 is 0 Å². The maximum atomic E-state index is 13.5. The van der Waals surface area contributed by atoms with Gasteiger partial charge in [0.25, 0.3) is 0 Å². The number of hydrogen-bond donors (Lipinski definition) is 0. The summed E-state index contributed by atoms with van der Waals surface area (Å²) in [7, 11) is 1.45. The second-order valence-electron chi connectivity index (χ2n) is 6.80. The van der Waals surface area contributed by atoms with Gasteiger partial charge in [0.2, 0.25) is 6.54 Å². The van der Waals surface area contributed by atoms with Crippen molar-refractivity contribution in [3.8, 4) is 5.75 Å². The summed E-state index contributed by atoms with van der Waals surface area (Å²) in [6.45, 7) is -0.581. The first-order chi connectivity index (χ1) is 14.5. The fraction of sp³-hybridized carbons (Fsp3) is 0.167. The number of methoxy groups -OCH3 is 1. The van der Waals surface area contributed by atoms with Crippen molar-refractivity contribution < 1.29 is 19.2 Å². The molecule has 6 nitrogen and oxygen atoms in total. The summed E-state index contributed by atoms with van der Waals surface area (Å²) in [5, 5.41) is 11.5. The third kappa shape index (κ3) is 4.60. The minimum Gasteiger partial charge on any atom is -0.496 e. The summed E-state index contributed by atoms with van der Waals surface area (Å²) < 4.78 is 5.38. The number of carbonyl (C=O) groups is 2. The third-order valence-electron chi connectivity index (χ3n) is 4.97. The third-order valence-corrected chi connectivity index (χ3v) is 4.97. The van der Waals surface area contributed by atoms with E-state index in [-0.39, 0.29) is 0 Å². The van der Waals surface area contributed by atoms with Crippen molar-refractivity contribution in [1.29, 1.82) is 0 Å². The molecule has 0 aliphatic heterocycles. The van der Waals surface area contributed by atoms with Crippen LogP contribution in [0.1, 0.15) is 32.2 Å². The van der Waals surface area contributed by atoms with E-state index in [1.807, 2.05) is 0 Å². The Labute approximate surface area is 174 Å². The van der Waals surface area contributed by atoms with Crippen molar-refractivity contribution in [1.82, 2.24) is 0 Å². The van der Waals surface area contributed by atoms with Crippen LogP contribution in [0.25, 0.3) is 0 Å². The molecule has 0 aliphatic rings. The van der Waals surface area contributed by atoms with Gasteiger partial charge in [-0.3, -0.25) is 19.7 Å². The van der Waals surface area contributed by atoms with E-state index in [1.165, 1.54) is 7.11 Å². The number of para-hydroxylation sites is 1. The largest absolute Gasteiger partial charge is 0.496 e. The van der Waals surface area contributed by atoms with E-state index in [2.05, 4.69) is 0 Å². The number of rotatable bonds is 9. The minimum absolute atomic E-state index is 0.329. The number of nitro groups is 1. The van der Waals surface area contributed by atoms with Crippen molar-refractivity contribution in [2.75, 3.05) is 13.7 Å². The Balaban J connectivity index is 2.17. The molecule has 0 heterocycles. The fourth-order valence-electron chi connectivity index (χ4n) is 3.57. The zero-order valence-corrected chi connectivity index (χ0v) is 16.4. The molecule has 1 atom stereocenters. The molecule has 0 saturated heterocycles. The first kappa shape index (κ1) is 20.9. The predicted octanol–water partition coefficient (Wildman–Crippen LogP) is 4.44. The molecule has 3 rings (SSSR count). The monoisotopic (exact) mass is 403 g/mol. The second kappa shape index (κ2) is 9.60. The normalized spacial score (nSPS) is 11.7. The van der Waals surface area contributed by atoms with Crippen LogP contribution in [0.4, 0.5) is 0 Å². The summed E-state index contributed by atoms with van der Waals surface area (Å²) in [6.07, 6.45) is 0. The van der Waals surface area contributed by atoms with Gasteiger partial charge in [-0.2, -0.15) is 0 Å². The topological polar surface area (TPSA) is 86.5 Å². The van der Waals surface area contributed by atoms with E-state index in [1.54, 1.807) is 84.9 Å². The molecule has 0 unspecified atom stereocenters. The van der Waals surface area contributed by atoms with Gasteiger partial charge in [-0.25, -0.2) is 0 Å². The van der Waals surface area contributed by atoms with Crippen molar-refractivity contribution in [2.24, 2.45) is 5.92 Å². The standard InChI is InChI=1S/C24H21NO5/c1-30-21-15-9-8-14-19(21)20(16-25(28)29)22(23(26)17-10-4-2-5-11-17)24(27)18-12-6-3-7-13-18/h2-15,20,22H,16H2,1H3/t20-/m1/s1. The summed E-state index contributed by atoms with van der Waals surface area (Å²) in [5.41, 5.74) is 1.11. The lowest BCUT2D eigenvalue weighted by Gasteiger charge is -2.24. The number of nitrogens with zero attached hydrogens (tertiary/aromatic N) is 1. The van der Waals surface area contributed by atoms with Crippen LogP contribution in [0.2, 0.25) is 0 Å². The highest BCUT2D eigenvalue weighted by molar-refractivity contribution is 6.16. The molecule has 0 saturated carbocycles. The molecule has 0 N–H and O–H groups in total. The Bertz CT molecular complexity index is 982. The zero-order chi connectivity index (χ0) is 21.5. The highest BCUT2D eigenvalue weighted by Gasteiger charge is 2.40. The number of benzene rings is 3. The first-order valence-electron chi connectivity index (χ1n) is 9.46. The van der Waals surface area contributed by atoms with Crippen LogP contribution >= 0.6 is 0 Å². The Kier molecular flexibility index (Phi) is 6.70. The lowest BCUT2D eigenvalue weighted by molar-refractivity contribution is -0.484. The molecule has 0 radical (unpaired) electrons. The molecule has 0 amide bonds. The van der Waals surface area contributed by atoms with Gasteiger partial charge in [0.1, 0.15) is 5.75 Å². The van der Waals surface area contributed by atoms with E-state index in [4.69, 9.17) is 4.74 Å². The molecule has 0 spiro atoms. The maximum absolute atomic E-state index is 13.5. The van der Waals surface area contributed by atoms with E-state index >= 15 is 0 Å². The molecule has 3 aromatic rings. The highest BCUT2D eigenvalue weighted by Crippen LogP contribution is 2.36. The van der Waals surface area contributed by atoms with Gasteiger partial charge in [0, 0.05) is 21.6 Å². The van der Waals surface area contributed by atoms with Crippen LogP contribution in [0.5, 0.6) is 5.75 Å².